The minimum Gasteiger partial charge on any atom is -0.352 e. The first-order valence-electron chi connectivity index (χ1n) is 7.13. The molecule has 1 aromatic rings. The fraction of sp³-hybridized carbons (Fsp3) is 0.643. The van der Waals surface area contributed by atoms with Crippen molar-refractivity contribution in [2.24, 2.45) is 5.92 Å². The quantitative estimate of drug-likeness (QED) is 0.800. The molecular formula is C14H22N4O2. The minimum absolute atomic E-state index is 0.00148. The summed E-state index contributed by atoms with van der Waals surface area (Å²) in [5, 5.41) is 9.71. The Morgan fingerprint density at radius 3 is 2.80 bits per heavy atom. The Kier molecular flexibility index (Phi) is 4.76. The van der Waals surface area contributed by atoms with Gasteiger partial charge in [0, 0.05) is 18.7 Å². The second-order valence-electron chi connectivity index (χ2n) is 5.43. The smallest absolute Gasteiger partial charge is 0.242 e. The largest absolute Gasteiger partial charge is 0.352 e. The molecule has 6 heteroatoms. The van der Waals surface area contributed by atoms with E-state index in [0.29, 0.717) is 13.1 Å². The molecule has 2 amide bonds. The molecule has 1 heterocycles. The molecule has 2 rings (SSSR count). The van der Waals surface area contributed by atoms with Gasteiger partial charge in [0.2, 0.25) is 11.8 Å². The van der Waals surface area contributed by atoms with Crippen molar-refractivity contribution in [3.8, 4) is 0 Å². The van der Waals surface area contributed by atoms with Crippen molar-refractivity contribution in [1.29, 1.82) is 0 Å². The average molecular weight is 278 g/mol. The third-order valence-corrected chi connectivity index (χ3v) is 3.63. The molecule has 0 saturated heterocycles. The molecule has 0 bridgehead atoms. The van der Waals surface area contributed by atoms with Gasteiger partial charge in [0.15, 0.2) is 0 Å². The summed E-state index contributed by atoms with van der Waals surface area (Å²) >= 11 is 0. The molecule has 1 fully saturated rings. The number of carbonyl (C=O) groups is 2. The summed E-state index contributed by atoms with van der Waals surface area (Å²) in [6.45, 7) is 4.82. The van der Waals surface area contributed by atoms with Gasteiger partial charge in [-0.25, -0.2) is 0 Å². The van der Waals surface area contributed by atoms with E-state index in [2.05, 4.69) is 15.7 Å². The Bertz CT molecular complexity index is 479. The van der Waals surface area contributed by atoms with Crippen LogP contribution in [0.3, 0.4) is 0 Å². The van der Waals surface area contributed by atoms with E-state index in [-0.39, 0.29) is 17.7 Å². The summed E-state index contributed by atoms with van der Waals surface area (Å²) < 4.78 is 1.78. The second kappa shape index (κ2) is 6.54. The van der Waals surface area contributed by atoms with Crippen LogP contribution >= 0.6 is 0 Å². The molecule has 1 aliphatic rings. The second-order valence-corrected chi connectivity index (χ2v) is 5.43. The lowest BCUT2D eigenvalue weighted by atomic mass is 9.84. The van der Waals surface area contributed by atoms with E-state index < -0.39 is 6.04 Å². The number of nitrogens with one attached hydrogen (secondary N) is 2. The van der Waals surface area contributed by atoms with Crippen LogP contribution in [0, 0.1) is 12.8 Å². The van der Waals surface area contributed by atoms with Crippen molar-refractivity contribution in [3.63, 3.8) is 0 Å². The predicted octanol–water partition coefficient (Wildman–Crippen LogP) is 0.613. The van der Waals surface area contributed by atoms with Gasteiger partial charge in [0.1, 0.15) is 6.04 Å². The lowest BCUT2D eigenvalue weighted by Gasteiger charge is -2.25. The topological polar surface area (TPSA) is 76.0 Å². The number of hydrogen-bond donors (Lipinski definition) is 2. The number of aryl methyl sites for hydroxylation is 1. The maximum atomic E-state index is 11.8. The van der Waals surface area contributed by atoms with Crippen LogP contribution in [-0.2, 0) is 16.1 Å². The molecule has 0 aliphatic heterocycles. The first-order chi connectivity index (χ1) is 9.56. The number of amides is 2. The number of carbonyl (C=O) groups excluding carboxylic acids is 2. The lowest BCUT2D eigenvalue weighted by Crippen LogP contribution is -2.48. The molecule has 1 aliphatic carbocycles. The summed E-state index contributed by atoms with van der Waals surface area (Å²) in [6.07, 6.45) is 6.71. The van der Waals surface area contributed by atoms with E-state index in [0.717, 1.165) is 24.8 Å². The van der Waals surface area contributed by atoms with Crippen LogP contribution in [0.2, 0.25) is 0 Å². The fourth-order valence-corrected chi connectivity index (χ4v) is 2.10. The third-order valence-electron chi connectivity index (χ3n) is 3.63. The number of hydrogen-bond acceptors (Lipinski definition) is 3. The molecule has 1 unspecified atom stereocenters. The van der Waals surface area contributed by atoms with Crippen LogP contribution in [0.15, 0.2) is 12.4 Å². The normalized spacial score (nSPS) is 16.3. The van der Waals surface area contributed by atoms with Gasteiger partial charge in [-0.05, 0) is 32.3 Å². The van der Waals surface area contributed by atoms with Gasteiger partial charge in [0.05, 0.1) is 12.7 Å². The zero-order valence-corrected chi connectivity index (χ0v) is 12.1. The number of aromatic nitrogens is 2. The van der Waals surface area contributed by atoms with Gasteiger partial charge in [-0.3, -0.25) is 14.3 Å². The molecule has 1 saturated carbocycles. The van der Waals surface area contributed by atoms with Crippen molar-refractivity contribution in [3.05, 3.63) is 18.0 Å². The summed E-state index contributed by atoms with van der Waals surface area (Å²) in [5.74, 6) is -0.0412. The van der Waals surface area contributed by atoms with Gasteiger partial charge in [-0.2, -0.15) is 5.10 Å². The third kappa shape index (κ3) is 3.82. The molecule has 0 radical (unpaired) electrons. The average Bonchev–Trinajstić information content (AvgIpc) is 2.72. The zero-order chi connectivity index (χ0) is 14.5. The molecule has 1 atom stereocenters. The van der Waals surface area contributed by atoms with E-state index in [1.165, 1.54) is 0 Å². The van der Waals surface area contributed by atoms with E-state index >= 15 is 0 Å². The predicted molar refractivity (Wildman–Crippen MR) is 74.9 cm³/mol. The molecule has 110 valence electrons. The van der Waals surface area contributed by atoms with Gasteiger partial charge in [-0.1, -0.05) is 6.42 Å². The van der Waals surface area contributed by atoms with E-state index in [1.54, 1.807) is 17.8 Å². The minimum atomic E-state index is -0.484. The molecule has 20 heavy (non-hydrogen) atoms. The van der Waals surface area contributed by atoms with Gasteiger partial charge in [-0.15, -0.1) is 0 Å². The Morgan fingerprint density at radius 2 is 2.25 bits per heavy atom. The lowest BCUT2D eigenvalue weighted by molar-refractivity contribution is -0.132. The molecule has 0 spiro atoms. The van der Waals surface area contributed by atoms with E-state index in [4.69, 9.17) is 0 Å². The van der Waals surface area contributed by atoms with Crippen molar-refractivity contribution in [2.75, 3.05) is 6.54 Å². The van der Waals surface area contributed by atoms with Crippen molar-refractivity contribution >= 4 is 11.8 Å². The van der Waals surface area contributed by atoms with Crippen LogP contribution in [0.4, 0.5) is 0 Å². The maximum Gasteiger partial charge on any atom is 0.242 e. The Balaban J connectivity index is 1.66. The highest BCUT2D eigenvalue weighted by Crippen LogP contribution is 2.26. The standard InChI is InChI=1S/C14H22N4O2/c1-10-8-16-18(9-10)7-6-15-13(19)11(2)17-14(20)12-4-3-5-12/h8-9,11-12H,3-7H2,1-2H3,(H,15,19)(H,17,20). The van der Waals surface area contributed by atoms with E-state index in [1.807, 2.05) is 13.1 Å². The molecular weight excluding hydrogens is 256 g/mol. The Morgan fingerprint density at radius 1 is 1.50 bits per heavy atom. The number of nitrogens with zero attached hydrogens (tertiary/aromatic N) is 2. The summed E-state index contributed by atoms with van der Waals surface area (Å²) in [4.78, 5) is 23.6. The fourth-order valence-electron chi connectivity index (χ4n) is 2.10. The monoisotopic (exact) mass is 278 g/mol. The van der Waals surface area contributed by atoms with Gasteiger partial charge >= 0.3 is 0 Å². The Hall–Kier alpha value is -1.85. The Labute approximate surface area is 118 Å². The van der Waals surface area contributed by atoms with Crippen molar-refractivity contribution < 1.29 is 9.59 Å². The van der Waals surface area contributed by atoms with Crippen molar-refractivity contribution in [1.82, 2.24) is 20.4 Å². The summed E-state index contributed by atoms with van der Waals surface area (Å²) in [6, 6.07) is -0.484. The van der Waals surface area contributed by atoms with Crippen LogP contribution in [-0.4, -0.2) is 34.2 Å². The highest BCUT2D eigenvalue weighted by Gasteiger charge is 2.27. The van der Waals surface area contributed by atoms with Crippen LogP contribution in [0.25, 0.3) is 0 Å². The highest BCUT2D eigenvalue weighted by atomic mass is 16.2. The van der Waals surface area contributed by atoms with Crippen LogP contribution in [0.5, 0.6) is 0 Å². The molecule has 2 N–H and O–H groups in total. The van der Waals surface area contributed by atoms with Crippen molar-refractivity contribution in [2.45, 2.75) is 45.7 Å². The highest BCUT2D eigenvalue weighted by molar-refractivity contribution is 5.88. The molecule has 1 aromatic heterocycles. The summed E-state index contributed by atoms with van der Waals surface area (Å²) in [5.41, 5.74) is 1.09. The van der Waals surface area contributed by atoms with Crippen LogP contribution in [0.1, 0.15) is 31.7 Å². The van der Waals surface area contributed by atoms with Gasteiger partial charge < -0.3 is 10.6 Å². The first-order valence-corrected chi connectivity index (χ1v) is 7.13. The molecule has 0 aromatic carbocycles. The maximum absolute atomic E-state index is 11.8. The van der Waals surface area contributed by atoms with Crippen LogP contribution < -0.4 is 10.6 Å². The summed E-state index contributed by atoms with van der Waals surface area (Å²) in [7, 11) is 0. The number of rotatable bonds is 6. The molecule has 6 nitrogen and oxygen atoms in total. The SMILES string of the molecule is Cc1cnn(CCNC(=O)C(C)NC(=O)C2CCC2)c1. The zero-order valence-electron chi connectivity index (χ0n) is 12.1. The van der Waals surface area contributed by atoms with Gasteiger partial charge in [0.25, 0.3) is 0 Å². The first kappa shape index (κ1) is 14.6. The van der Waals surface area contributed by atoms with E-state index in [9.17, 15) is 9.59 Å².